The Bertz CT molecular complexity index is 449. The summed E-state index contributed by atoms with van der Waals surface area (Å²) in [6.45, 7) is 0. The molecule has 0 atom stereocenters. The lowest BCUT2D eigenvalue weighted by Crippen LogP contribution is -2.30. The summed E-state index contributed by atoms with van der Waals surface area (Å²) in [5.74, 6) is -2.18. The van der Waals surface area contributed by atoms with E-state index in [0.29, 0.717) is 24.0 Å². The van der Waals surface area contributed by atoms with Crippen LogP contribution in [0.25, 0.3) is 0 Å². The number of hydrogen-bond donors (Lipinski definition) is 2. The van der Waals surface area contributed by atoms with Crippen molar-refractivity contribution in [1.82, 2.24) is 0 Å². The topological polar surface area (TPSA) is 93.1 Å². The van der Waals surface area contributed by atoms with Gasteiger partial charge in [0.2, 0.25) is 0 Å². The van der Waals surface area contributed by atoms with Crippen molar-refractivity contribution in [3.05, 3.63) is 35.4 Å². The fourth-order valence-electron chi connectivity index (χ4n) is 2.10. The molecule has 1 saturated carbocycles. The average molecular weight is 310 g/mol. The molecule has 0 unspecified atom stereocenters. The predicted octanol–water partition coefficient (Wildman–Crippen LogP) is 1.89. The van der Waals surface area contributed by atoms with Crippen molar-refractivity contribution in [2.75, 3.05) is 14.2 Å². The highest BCUT2D eigenvalue weighted by Crippen LogP contribution is 2.24. The lowest BCUT2D eigenvalue weighted by molar-refractivity contribution is -0.180. The van der Waals surface area contributed by atoms with Crippen LogP contribution in [0.4, 0.5) is 0 Å². The number of methoxy groups -OCH3 is 2. The highest BCUT2D eigenvalue weighted by molar-refractivity contribution is 5.93. The Morgan fingerprint density at radius 2 is 1.23 bits per heavy atom. The second-order valence-electron chi connectivity index (χ2n) is 5.10. The number of aliphatic hydroxyl groups is 2. The van der Waals surface area contributed by atoms with E-state index in [1.54, 1.807) is 0 Å². The number of carbonyl (C=O) groups is 2. The molecule has 1 aliphatic carbocycles. The third kappa shape index (κ3) is 5.83. The van der Waals surface area contributed by atoms with Crippen molar-refractivity contribution in [2.24, 2.45) is 0 Å². The highest BCUT2D eigenvalue weighted by atomic mass is 16.5. The van der Waals surface area contributed by atoms with E-state index in [2.05, 4.69) is 9.47 Å². The lowest BCUT2D eigenvalue weighted by atomic mass is 9.95. The van der Waals surface area contributed by atoms with E-state index in [4.69, 9.17) is 10.2 Å². The minimum Gasteiger partial charge on any atom is -0.465 e. The van der Waals surface area contributed by atoms with E-state index in [9.17, 15) is 9.59 Å². The monoisotopic (exact) mass is 310 g/mol. The quantitative estimate of drug-likeness (QED) is 0.640. The van der Waals surface area contributed by atoms with Crippen LogP contribution in [0.3, 0.4) is 0 Å². The summed E-state index contributed by atoms with van der Waals surface area (Å²) in [7, 11) is 2.60. The Labute approximate surface area is 129 Å². The van der Waals surface area contributed by atoms with Crippen molar-refractivity contribution in [3.63, 3.8) is 0 Å². The van der Waals surface area contributed by atoms with Crippen LogP contribution in [0.1, 0.15) is 52.8 Å². The molecule has 6 nitrogen and oxygen atoms in total. The van der Waals surface area contributed by atoms with Gasteiger partial charge in [-0.05, 0) is 37.1 Å². The van der Waals surface area contributed by atoms with Crippen LogP contribution in [-0.4, -0.2) is 42.2 Å². The van der Waals surface area contributed by atoms with Gasteiger partial charge in [-0.3, -0.25) is 0 Å². The minimum absolute atomic E-state index is 0.403. The van der Waals surface area contributed by atoms with Crippen molar-refractivity contribution in [3.8, 4) is 0 Å². The van der Waals surface area contributed by atoms with Crippen molar-refractivity contribution in [1.29, 1.82) is 0 Å². The van der Waals surface area contributed by atoms with E-state index in [1.165, 1.54) is 38.5 Å². The largest absolute Gasteiger partial charge is 0.465 e. The standard InChI is InChI=1S/C10H10O4.C6H12O2/c1-13-9(11)7-3-5-8(6-4-7)10(12)14-2;7-6(8)4-2-1-3-5-6/h3-6H,1-2H3;7-8H,1-5H2. The summed E-state index contributed by atoms with van der Waals surface area (Å²) in [6.07, 6.45) is 4.21. The number of benzene rings is 1. The smallest absolute Gasteiger partial charge is 0.337 e. The zero-order valence-electron chi connectivity index (χ0n) is 12.9. The molecule has 0 aromatic heterocycles. The molecule has 1 aromatic carbocycles. The minimum atomic E-state index is -1.32. The molecule has 2 rings (SSSR count). The molecule has 22 heavy (non-hydrogen) atoms. The normalized spacial score (nSPS) is 16.0. The van der Waals surface area contributed by atoms with E-state index in [1.807, 2.05) is 0 Å². The molecule has 122 valence electrons. The molecular formula is C16H22O6. The summed E-state index contributed by atoms with van der Waals surface area (Å²) >= 11 is 0. The fourth-order valence-corrected chi connectivity index (χ4v) is 2.10. The first-order valence-electron chi connectivity index (χ1n) is 7.11. The Morgan fingerprint density at radius 1 is 0.864 bits per heavy atom. The van der Waals surface area contributed by atoms with E-state index in [0.717, 1.165) is 19.3 Å². The van der Waals surface area contributed by atoms with E-state index < -0.39 is 17.7 Å². The number of rotatable bonds is 2. The molecule has 0 radical (unpaired) electrons. The zero-order valence-corrected chi connectivity index (χ0v) is 12.9. The second-order valence-corrected chi connectivity index (χ2v) is 5.10. The van der Waals surface area contributed by atoms with Crippen LogP contribution >= 0.6 is 0 Å². The van der Waals surface area contributed by atoms with E-state index in [-0.39, 0.29) is 0 Å². The predicted molar refractivity (Wildman–Crippen MR) is 79.4 cm³/mol. The van der Waals surface area contributed by atoms with Gasteiger partial charge >= 0.3 is 11.9 Å². The Hall–Kier alpha value is -1.92. The molecule has 1 aliphatic rings. The van der Waals surface area contributed by atoms with Gasteiger partial charge in [-0.1, -0.05) is 6.42 Å². The van der Waals surface area contributed by atoms with Gasteiger partial charge in [0, 0.05) is 12.8 Å². The van der Waals surface area contributed by atoms with Crippen LogP contribution in [0.5, 0.6) is 0 Å². The lowest BCUT2D eigenvalue weighted by Gasteiger charge is -2.25. The first-order chi connectivity index (χ1) is 10.4. The van der Waals surface area contributed by atoms with Gasteiger partial charge < -0.3 is 19.7 Å². The molecule has 0 heterocycles. The van der Waals surface area contributed by atoms with Crippen LogP contribution < -0.4 is 0 Å². The highest BCUT2D eigenvalue weighted by Gasteiger charge is 2.24. The summed E-state index contributed by atoms with van der Waals surface area (Å²) in [5, 5.41) is 17.9. The maximum atomic E-state index is 11.0. The third-order valence-electron chi connectivity index (χ3n) is 3.38. The van der Waals surface area contributed by atoms with Crippen molar-refractivity contribution in [2.45, 2.75) is 37.9 Å². The van der Waals surface area contributed by atoms with Crippen molar-refractivity contribution >= 4 is 11.9 Å². The van der Waals surface area contributed by atoms with Gasteiger partial charge in [0.1, 0.15) is 0 Å². The Kier molecular flexibility index (Phi) is 7.01. The van der Waals surface area contributed by atoms with Crippen molar-refractivity contribution < 1.29 is 29.3 Å². The molecule has 1 fully saturated rings. The Morgan fingerprint density at radius 3 is 1.45 bits per heavy atom. The molecule has 0 saturated heterocycles. The van der Waals surface area contributed by atoms with Crippen LogP contribution in [0.15, 0.2) is 24.3 Å². The van der Waals surface area contributed by atoms with Gasteiger partial charge in [-0.25, -0.2) is 9.59 Å². The molecule has 0 bridgehead atoms. The molecule has 0 spiro atoms. The number of esters is 2. The van der Waals surface area contributed by atoms with Gasteiger partial charge in [0.05, 0.1) is 25.3 Å². The third-order valence-corrected chi connectivity index (χ3v) is 3.38. The SMILES string of the molecule is COC(=O)c1ccc(C(=O)OC)cc1.OC1(O)CCCCC1. The molecule has 6 heteroatoms. The van der Waals surface area contributed by atoms with E-state index >= 15 is 0 Å². The summed E-state index contributed by atoms with van der Waals surface area (Å²) in [4.78, 5) is 22.1. The average Bonchev–Trinajstić information content (AvgIpc) is 2.54. The maximum Gasteiger partial charge on any atom is 0.337 e. The number of ether oxygens (including phenoxy) is 2. The number of carbonyl (C=O) groups excluding carboxylic acids is 2. The maximum absolute atomic E-state index is 11.0. The molecule has 1 aromatic rings. The molecular weight excluding hydrogens is 288 g/mol. The van der Waals surface area contributed by atoms with Gasteiger partial charge in [0.25, 0.3) is 0 Å². The van der Waals surface area contributed by atoms with Crippen LogP contribution in [0, 0.1) is 0 Å². The zero-order chi connectivity index (χ0) is 16.6. The summed E-state index contributed by atoms with van der Waals surface area (Å²) in [5.41, 5.74) is 0.806. The molecule has 0 amide bonds. The molecule has 0 aliphatic heterocycles. The summed E-state index contributed by atoms with van der Waals surface area (Å²) in [6, 6.07) is 6.05. The van der Waals surface area contributed by atoms with Gasteiger partial charge in [-0.2, -0.15) is 0 Å². The van der Waals surface area contributed by atoms with Gasteiger partial charge in [-0.15, -0.1) is 0 Å². The second kappa shape index (κ2) is 8.51. The van der Waals surface area contributed by atoms with Crippen LogP contribution in [0.2, 0.25) is 0 Å². The van der Waals surface area contributed by atoms with Gasteiger partial charge in [0.15, 0.2) is 5.79 Å². The summed E-state index contributed by atoms with van der Waals surface area (Å²) < 4.78 is 9.02. The first kappa shape index (κ1) is 18.1. The Balaban J connectivity index is 0.000000255. The fraction of sp³-hybridized carbons (Fsp3) is 0.500. The molecule has 2 N–H and O–H groups in total. The van der Waals surface area contributed by atoms with Crippen LogP contribution in [-0.2, 0) is 9.47 Å². The number of hydrogen-bond acceptors (Lipinski definition) is 6. The first-order valence-corrected chi connectivity index (χ1v) is 7.11.